The van der Waals surface area contributed by atoms with Crippen molar-refractivity contribution >= 4 is 21.6 Å². The van der Waals surface area contributed by atoms with Gasteiger partial charge in [-0.1, -0.05) is 46.6 Å². The largest absolute Gasteiger partial charge is 0.338 e. The first-order valence-corrected chi connectivity index (χ1v) is 11.5. The van der Waals surface area contributed by atoms with E-state index in [0.29, 0.717) is 44.4 Å². The molecular weight excluding hydrogens is 438 g/mol. The molecule has 10 heteroatoms. The third-order valence-electron chi connectivity index (χ3n) is 5.15. The van der Waals surface area contributed by atoms with E-state index in [4.69, 9.17) is 16.1 Å². The number of rotatable bonds is 5. The summed E-state index contributed by atoms with van der Waals surface area (Å²) in [6.07, 6.45) is 0. The van der Waals surface area contributed by atoms with Gasteiger partial charge in [-0.15, -0.1) is 0 Å². The highest BCUT2D eigenvalue weighted by Gasteiger charge is 2.31. The maximum Gasteiger partial charge on any atom is 0.244 e. The van der Waals surface area contributed by atoms with Gasteiger partial charge in [-0.25, -0.2) is 8.42 Å². The number of nitriles is 1. The maximum atomic E-state index is 13.0. The van der Waals surface area contributed by atoms with E-state index in [1.807, 2.05) is 37.3 Å². The molecule has 8 nitrogen and oxygen atoms in total. The van der Waals surface area contributed by atoms with Crippen LogP contribution in [0, 0.1) is 18.3 Å². The first-order chi connectivity index (χ1) is 14.9. The first-order valence-electron chi connectivity index (χ1n) is 9.68. The van der Waals surface area contributed by atoms with Gasteiger partial charge in [0.15, 0.2) is 0 Å². The number of aryl methyl sites for hydroxylation is 1. The third kappa shape index (κ3) is 4.62. The van der Waals surface area contributed by atoms with Crippen LogP contribution in [-0.2, 0) is 16.6 Å². The van der Waals surface area contributed by atoms with Gasteiger partial charge in [-0.05, 0) is 25.1 Å². The van der Waals surface area contributed by atoms with Crippen molar-refractivity contribution in [1.29, 1.82) is 5.26 Å². The fourth-order valence-electron chi connectivity index (χ4n) is 3.40. The number of piperazine rings is 1. The number of hydrogen-bond donors (Lipinski definition) is 0. The second-order valence-electron chi connectivity index (χ2n) is 7.31. The molecule has 0 spiro atoms. The van der Waals surface area contributed by atoms with Crippen LogP contribution in [-0.4, -0.2) is 53.9 Å². The molecule has 0 bridgehead atoms. The molecule has 0 radical (unpaired) electrons. The SMILES string of the molecule is Cc1ccc(-c2noc(CN3CCN(S(=O)(=O)c4cc(Cl)ccc4C#N)CC3)n2)cc1. The van der Waals surface area contributed by atoms with Crippen molar-refractivity contribution < 1.29 is 12.9 Å². The average molecular weight is 458 g/mol. The highest BCUT2D eigenvalue weighted by atomic mass is 35.5. The molecule has 1 saturated heterocycles. The van der Waals surface area contributed by atoms with Gasteiger partial charge in [0.25, 0.3) is 0 Å². The molecule has 0 N–H and O–H groups in total. The molecule has 1 aliphatic rings. The van der Waals surface area contributed by atoms with Crippen LogP contribution < -0.4 is 0 Å². The molecule has 160 valence electrons. The number of sulfonamides is 1. The normalized spacial score (nSPS) is 15.6. The van der Waals surface area contributed by atoms with E-state index in [1.165, 1.54) is 22.5 Å². The van der Waals surface area contributed by atoms with Crippen LogP contribution in [0.15, 0.2) is 51.9 Å². The van der Waals surface area contributed by atoms with Crippen molar-refractivity contribution in [1.82, 2.24) is 19.3 Å². The summed E-state index contributed by atoms with van der Waals surface area (Å²) in [6.45, 7) is 4.04. The zero-order chi connectivity index (χ0) is 22.0. The molecule has 3 aromatic rings. The fourth-order valence-corrected chi connectivity index (χ4v) is 5.23. The maximum absolute atomic E-state index is 13.0. The molecule has 1 fully saturated rings. The van der Waals surface area contributed by atoms with Crippen molar-refractivity contribution in [2.45, 2.75) is 18.4 Å². The second-order valence-corrected chi connectivity index (χ2v) is 9.65. The predicted octanol–water partition coefficient (Wildman–Crippen LogP) is 3.08. The lowest BCUT2D eigenvalue weighted by Crippen LogP contribution is -2.48. The summed E-state index contributed by atoms with van der Waals surface area (Å²) in [5.74, 6) is 1.01. The molecule has 0 atom stereocenters. The minimum Gasteiger partial charge on any atom is -0.338 e. The summed E-state index contributed by atoms with van der Waals surface area (Å²) in [5.41, 5.74) is 2.12. The molecule has 2 aromatic carbocycles. The minimum absolute atomic E-state index is 0.0596. The first kappa shape index (κ1) is 21.5. The van der Waals surface area contributed by atoms with Crippen LogP contribution in [0.2, 0.25) is 5.02 Å². The Labute approximate surface area is 185 Å². The van der Waals surface area contributed by atoms with Gasteiger partial charge in [-0.2, -0.15) is 14.6 Å². The van der Waals surface area contributed by atoms with Crippen molar-refractivity contribution in [2.75, 3.05) is 26.2 Å². The van der Waals surface area contributed by atoms with Crippen molar-refractivity contribution in [3.63, 3.8) is 0 Å². The van der Waals surface area contributed by atoms with Crippen molar-refractivity contribution in [3.8, 4) is 17.5 Å². The molecule has 4 rings (SSSR count). The van der Waals surface area contributed by atoms with Crippen molar-refractivity contribution in [3.05, 3.63) is 64.5 Å². The van der Waals surface area contributed by atoms with Gasteiger partial charge >= 0.3 is 0 Å². The van der Waals surface area contributed by atoms with E-state index >= 15 is 0 Å². The van der Waals surface area contributed by atoms with E-state index in [9.17, 15) is 13.7 Å². The van der Waals surface area contributed by atoms with E-state index in [0.717, 1.165) is 11.1 Å². The van der Waals surface area contributed by atoms with E-state index in [2.05, 4.69) is 15.0 Å². The van der Waals surface area contributed by atoms with Gasteiger partial charge in [0.2, 0.25) is 21.7 Å². The van der Waals surface area contributed by atoms with Crippen LogP contribution in [0.25, 0.3) is 11.4 Å². The molecular formula is C21H20ClN5O3S. The quantitative estimate of drug-likeness (QED) is 0.579. The fraction of sp³-hybridized carbons (Fsp3) is 0.286. The summed E-state index contributed by atoms with van der Waals surface area (Å²) in [6, 6.07) is 14.0. The summed E-state index contributed by atoms with van der Waals surface area (Å²) in [5, 5.41) is 13.6. The number of nitrogens with zero attached hydrogens (tertiary/aromatic N) is 5. The van der Waals surface area contributed by atoms with Crippen LogP contribution in [0.1, 0.15) is 17.0 Å². The summed E-state index contributed by atoms with van der Waals surface area (Å²) < 4.78 is 32.8. The van der Waals surface area contributed by atoms with Crippen LogP contribution >= 0.6 is 11.6 Å². The number of benzene rings is 2. The Kier molecular flexibility index (Phi) is 6.07. The van der Waals surface area contributed by atoms with Gasteiger partial charge in [0.05, 0.1) is 12.1 Å². The smallest absolute Gasteiger partial charge is 0.244 e. The van der Waals surface area contributed by atoms with Gasteiger partial charge < -0.3 is 4.52 Å². The number of halogens is 1. The summed E-state index contributed by atoms with van der Waals surface area (Å²) >= 11 is 5.96. The molecule has 1 aromatic heterocycles. The van der Waals surface area contributed by atoms with Gasteiger partial charge in [0.1, 0.15) is 11.0 Å². The zero-order valence-electron chi connectivity index (χ0n) is 16.8. The summed E-state index contributed by atoms with van der Waals surface area (Å²) in [4.78, 5) is 6.45. The zero-order valence-corrected chi connectivity index (χ0v) is 18.4. The highest BCUT2D eigenvalue weighted by molar-refractivity contribution is 7.89. The van der Waals surface area contributed by atoms with Crippen molar-refractivity contribution in [2.24, 2.45) is 0 Å². The Hall–Kier alpha value is -2.77. The lowest BCUT2D eigenvalue weighted by atomic mass is 10.1. The van der Waals surface area contributed by atoms with E-state index in [1.54, 1.807) is 0 Å². The molecule has 2 heterocycles. The molecule has 0 amide bonds. The minimum atomic E-state index is -3.81. The van der Waals surface area contributed by atoms with Crippen LogP contribution in [0.5, 0.6) is 0 Å². The van der Waals surface area contributed by atoms with Gasteiger partial charge in [0, 0.05) is 36.8 Å². The lowest BCUT2D eigenvalue weighted by Gasteiger charge is -2.33. The predicted molar refractivity (Wildman–Crippen MR) is 115 cm³/mol. The lowest BCUT2D eigenvalue weighted by molar-refractivity contribution is 0.163. The average Bonchev–Trinajstić information content (AvgIpc) is 3.23. The Morgan fingerprint density at radius 1 is 1.13 bits per heavy atom. The van der Waals surface area contributed by atoms with E-state index < -0.39 is 10.0 Å². The number of hydrogen-bond acceptors (Lipinski definition) is 7. The molecule has 0 aliphatic carbocycles. The Morgan fingerprint density at radius 2 is 1.84 bits per heavy atom. The Morgan fingerprint density at radius 3 is 2.52 bits per heavy atom. The molecule has 0 unspecified atom stereocenters. The Balaban J connectivity index is 1.41. The monoisotopic (exact) mass is 457 g/mol. The standard InChI is InChI=1S/C21H20ClN5O3S/c1-15-2-4-16(5-3-15)21-24-20(30-25-21)14-26-8-10-27(11-9-26)31(28,29)19-12-18(22)7-6-17(19)13-23/h2-7,12H,8-11,14H2,1H3. The second kappa shape index (κ2) is 8.77. The third-order valence-corrected chi connectivity index (χ3v) is 7.32. The number of aromatic nitrogens is 2. The Bertz CT molecular complexity index is 1230. The molecule has 31 heavy (non-hydrogen) atoms. The summed E-state index contributed by atoms with van der Waals surface area (Å²) in [7, 11) is -3.81. The topological polar surface area (TPSA) is 103 Å². The molecule has 1 aliphatic heterocycles. The van der Waals surface area contributed by atoms with E-state index in [-0.39, 0.29) is 15.5 Å². The van der Waals surface area contributed by atoms with Crippen LogP contribution in [0.4, 0.5) is 0 Å². The van der Waals surface area contributed by atoms with Crippen LogP contribution in [0.3, 0.4) is 0 Å². The molecule has 0 saturated carbocycles. The highest BCUT2D eigenvalue weighted by Crippen LogP contribution is 2.25. The van der Waals surface area contributed by atoms with Gasteiger partial charge in [-0.3, -0.25) is 4.90 Å².